The number of methoxy groups -OCH3 is 1. The second kappa shape index (κ2) is 7.14. The fraction of sp³-hybridized carbons (Fsp3) is 0.500. The van der Waals surface area contributed by atoms with E-state index in [1.165, 1.54) is 22.5 Å². The Kier molecular flexibility index (Phi) is 5.46. The van der Waals surface area contributed by atoms with Crippen LogP contribution in [-0.2, 0) is 0 Å². The van der Waals surface area contributed by atoms with Crippen molar-refractivity contribution in [1.29, 1.82) is 0 Å². The number of rotatable bonds is 6. The molecule has 1 heterocycles. The van der Waals surface area contributed by atoms with Gasteiger partial charge >= 0.3 is 0 Å². The fourth-order valence-corrected chi connectivity index (χ4v) is 3.22. The highest BCUT2D eigenvalue weighted by atomic mass is 32.1. The molecule has 2 aromatic rings. The number of thiazole rings is 1. The molecule has 0 saturated carbocycles. The van der Waals surface area contributed by atoms with Gasteiger partial charge in [-0.3, -0.25) is 0 Å². The first kappa shape index (κ1) is 16.8. The van der Waals surface area contributed by atoms with Gasteiger partial charge in [0.1, 0.15) is 5.75 Å². The lowest BCUT2D eigenvalue weighted by atomic mass is 9.87. The third-order valence-electron chi connectivity index (χ3n) is 4.45. The van der Waals surface area contributed by atoms with Gasteiger partial charge in [-0.05, 0) is 47.9 Å². The summed E-state index contributed by atoms with van der Waals surface area (Å²) in [5.41, 5.74) is 10.4. The molecule has 0 spiro atoms. The third kappa shape index (κ3) is 3.27. The number of nitrogen functional groups attached to an aromatic ring is 1. The van der Waals surface area contributed by atoms with Crippen molar-refractivity contribution in [3.8, 4) is 17.0 Å². The Labute approximate surface area is 137 Å². The molecule has 2 atom stereocenters. The molecular formula is C18H26N2OS. The summed E-state index contributed by atoms with van der Waals surface area (Å²) in [4.78, 5) is 4.44. The number of aromatic nitrogens is 1. The molecule has 3 nitrogen and oxygen atoms in total. The van der Waals surface area contributed by atoms with Crippen LogP contribution >= 0.6 is 11.3 Å². The van der Waals surface area contributed by atoms with Gasteiger partial charge in [0, 0.05) is 10.9 Å². The molecule has 0 aliphatic carbocycles. The van der Waals surface area contributed by atoms with Gasteiger partial charge in [-0.2, -0.15) is 0 Å². The summed E-state index contributed by atoms with van der Waals surface area (Å²) < 4.78 is 5.78. The average Bonchev–Trinajstić information content (AvgIpc) is 2.98. The summed E-state index contributed by atoms with van der Waals surface area (Å²) in [5, 5.41) is 2.64. The van der Waals surface area contributed by atoms with E-state index in [4.69, 9.17) is 10.5 Å². The maximum atomic E-state index is 5.80. The molecule has 0 aliphatic heterocycles. The average molecular weight is 318 g/mol. The Bertz CT molecular complexity index is 605. The molecule has 2 N–H and O–H groups in total. The monoisotopic (exact) mass is 318 g/mol. The van der Waals surface area contributed by atoms with Crippen LogP contribution in [0, 0.1) is 0 Å². The van der Waals surface area contributed by atoms with Crippen LogP contribution < -0.4 is 10.5 Å². The molecule has 0 bridgehead atoms. The first-order chi connectivity index (χ1) is 10.5. The van der Waals surface area contributed by atoms with E-state index in [0.717, 1.165) is 29.8 Å². The highest BCUT2D eigenvalue weighted by Crippen LogP contribution is 2.40. The Hall–Kier alpha value is -1.55. The third-order valence-corrected chi connectivity index (χ3v) is 5.13. The molecule has 0 saturated heterocycles. The Balaban J connectivity index is 2.65. The molecule has 4 heteroatoms. The maximum Gasteiger partial charge on any atom is 0.180 e. The van der Waals surface area contributed by atoms with E-state index in [9.17, 15) is 0 Å². The molecule has 0 aliphatic rings. The van der Waals surface area contributed by atoms with Gasteiger partial charge in [0.05, 0.1) is 12.8 Å². The number of benzene rings is 1. The molecule has 1 aromatic heterocycles. The van der Waals surface area contributed by atoms with Crippen LogP contribution in [0.15, 0.2) is 17.5 Å². The van der Waals surface area contributed by atoms with Crippen molar-refractivity contribution in [3.63, 3.8) is 0 Å². The number of ether oxygens (including phenoxy) is 1. The van der Waals surface area contributed by atoms with E-state index in [2.05, 4.69) is 44.8 Å². The van der Waals surface area contributed by atoms with Crippen molar-refractivity contribution >= 4 is 16.5 Å². The van der Waals surface area contributed by atoms with Crippen LogP contribution in [0.3, 0.4) is 0 Å². The van der Waals surface area contributed by atoms with E-state index < -0.39 is 0 Å². The Morgan fingerprint density at radius 3 is 2.05 bits per heavy atom. The quantitative estimate of drug-likeness (QED) is 0.772. The molecular weight excluding hydrogens is 292 g/mol. The lowest BCUT2D eigenvalue weighted by Gasteiger charge is -2.22. The summed E-state index contributed by atoms with van der Waals surface area (Å²) >= 11 is 1.48. The lowest BCUT2D eigenvalue weighted by Crippen LogP contribution is -2.04. The molecule has 0 fully saturated rings. The zero-order valence-electron chi connectivity index (χ0n) is 14.1. The highest BCUT2D eigenvalue weighted by Gasteiger charge is 2.20. The number of hydrogen-bond acceptors (Lipinski definition) is 4. The summed E-state index contributed by atoms with van der Waals surface area (Å²) in [6, 6.07) is 4.43. The summed E-state index contributed by atoms with van der Waals surface area (Å²) in [7, 11) is 1.77. The standard InChI is InChI=1S/C18H26N2OS/c1-6-11(3)14-8-13(16-10-22-18(19)20-16)9-15(12(4)7-2)17(14)21-5/h8-12H,6-7H2,1-5H3,(H2,19,20). The maximum absolute atomic E-state index is 5.80. The minimum absolute atomic E-state index is 0.452. The number of hydrogen-bond donors (Lipinski definition) is 1. The van der Waals surface area contributed by atoms with E-state index in [-0.39, 0.29) is 0 Å². The Morgan fingerprint density at radius 2 is 1.68 bits per heavy atom. The van der Waals surface area contributed by atoms with Crippen molar-refractivity contribution in [3.05, 3.63) is 28.6 Å². The second-order valence-corrected chi connectivity index (χ2v) is 6.77. The zero-order chi connectivity index (χ0) is 16.3. The smallest absolute Gasteiger partial charge is 0.180 e. The van der Waals surface area contributed by atoms with Crippen LogP contribution in [-0.4, -0.2) is 12.1 Å². The van der Waals surface area contributed by atoms with E-state index in [1.807, 2.05) is 5.38 Å². The normalized spacial score (nSPS) is 13.9. The predicted octanol–water partition coefficient (Wildman–Crippen LogP) is 5.43. The predicted molar refractivity (Wildman–Crippen MR) is 95.9 cm³/mol. The van der Waals surface area contributed by atoms with Crippen LogP contribution in [0.2, 0.25) is 0 Å². The van der Waals surface area contributed by atoms with Crippen molar-refractivity contribution in [2.45, 2.75) is 52.4 Å². The van der Waals surface area contributed by atoms with Crippen molar-refractivity contribution in [2.24, 2.45) is 0 Å². The largest absolute Gasteiger partial charge is 0.496 e. The molecule has 0 radical (unpaired) electrons. The summed E-state index contributed by atoms with van der Waals surface area (Å²) in [6.07, 6.45) is 2.16. The first-order valence-electron chi connectivity index (χ1n) is 7.94. The number of anilines is 1. The fourth-order valence-electron chi connectivity index (χ4n) is 2.65. The minimum Gasteiger partial charge on any atom is -0.496 e. The van der Waals surface area contributed by atoms with Gasteiger partial charge in [0.25, 0.3) is 0 Å². The number of nitrogens with two attached hydrogens (primary N) is 1. The van der Waals surface area contributed by atoms with E-state index in [0.29, 0.717) is 17.0 Å². The van der Waals surface area contributed by atoms with Gasteiger partial charge in [-0.15, -0.1) is 11.3 Å². The summed E-state index contributed by atoms with van der Waals surface area (Å²) in [6.45, 7) is 8.91. The van der Waals surface area contributed by atoms with Gasteiger partial charge in [-0.1, -0.05) is 27.7 Å². The SMILES string of the molecule is CCC(C)c1cc(-c2csc(N)n2)cc(C(C)CC)c1OC. The van der Waals surface area contributed by atoms with Crippen molar-refractivity contribution < 1.29 is 4.74 Å². The molecule has 2 rings (SSSR count). The molecule has 1 aromatic carbocycles. The second-order valence-electron chi connectivity index (χ2n) is 5.88. The van der Waals surface area contributed by atoms with E-state index >= 15 is 0 Å². The molecule has 0 amide bonds. The topological polar surface area (TPSA) is 48.1 Å². The Morgan fingerprint density at radius 1 is 1.14 bits per heavy atom. The van der Waals surface area contributed by atoms with Gasteiger partial charge in [0.15, 0.2) is 5.13 Å². The molecule has 22 heavy (non-hydrogen) atoms. The zero-order valence-corrected chi connectivity index (χ0v) is 15.0. The number of nitrogens with zero attached hydrogens (tertiary/aromatic N) is 1. The molecule has 120 valence electrons. The van der Waals surface area contributed by atoms with Gasteiger partial charge in [-0.25, -0.2) is 4.98 Å². The van der Waals surface area contributed by atoms with Crippen LogP contribution in [0.4, 0.5) is 5.13 Å². The van der Waals surface area contributed by atoms with Crippen LogP contribution in [0.1, 0.15) is 63.5 Å². The van der Waals surface area contributed by atoms with Crippen molar-refractivity contribution in [1.82, 2.24) is 4.98 Å². The van der Waals surface area contributed by atoms with Gasteiger partial charge < -0.3 is 10.5 Å². The van der Waals surface area contributed by atoms with E-state index in [1.54, 1.807) is 7.11 Å². The minimum atomic E-state index is 0.452. The van der Waals surface area contributed by atoms with Crippen molar-refractivity contribution in [2.75, 3.05) is 12.8 Å². The van der Waals surface area contributed by atoms with Crippen LogP contribution in [0.25, 0.3) is 11.3 Å². The summed E-state index contributed by atoms with van der Waals surface area (Å²) in [5.74, 6) is 1.94. The van der Waals surface area contributed by atoms with Gasteiger partial charge in [0.2, 0.25) is 0 Å². The first-order valence-corrected chi connectivity index (χ1v) is 8.82. The highest BCUT2D eigenvalue weighted by molar-refractivity contribution is 7.13. The lowest BCUT2D eigenvalue weighted by molar-refractivity contribution is 0.397. The molecule has 2 unspecified atom stereocenters. The van der Waals surface area contributed by atoms with Crippen LogP contribution in [0.5, 0.6) is 5.75 Å².